The Labute approximate surface area is 152 Å². The lowest BCUT2D eigenvalue weighted by Gasteiger charge is -2.38. The number of nitrogens with one attached hydrogen (secondary N) is 1. The van der Waals surface area contributed by atoms with Crippen LogP contribution in [-0.4, -0.2) is 29.7 Å². The van der Waals surface area contributed by atoms with Crippen molar-refractivity contribution >= 4 is 21.9 Å². The molecule has 25 heavy (non-hydrogen) atoms. The van der Waals surface area contributed by atoms with Crippen molar-refractivity contribution in [3.63, 3.8) is 0 Å². The summed E-state index contributed by atoms with van der Waals surface area (Å²) >= 11 is 3.48. The zero-order valence-electron chi connectivity index (χ0n) is 13.3. The third-order valence-electron chi connectivity index (χ3n) is 4.42. The third-order valence-corrected chi connectivity index (χ3v) is 4.91. The Balaban J connectivity index is 1.82. The van der Waals surface area contributed by atoms with E-state index in [4.69, 9.17) is 4.74 Å². The van der Waals surface area contributed by atoms with Crippen molar-refractivity contribution in [3.05, 3.63) is 52.3 Å². The molecule has 1 N–H and O–H groups in total. The highest BCUT2D eigenvalue weighted by Crippen LogP contribution is 2.36. The van der Waals surface area contributed by atoms with E-state index in [2.05, 4.69) is 31.2 Å². The Kier molecular flexibility index (Phi) is 5.29. The third kappa shape index (κ3) is 4.30. The summed E-state index contributed by atoms with van der Waals surface area (Å²) in [7, 11) is 0. The lowest BCUT2D eigenvalue weighted by molar-refractivity contribution is -0.141. The first-order valence-electron chi connectivity index (χ1n) is 7.87. The maximum atomic E-state index is 12.8. The van der Waals surface area contributed by atoms with Crippen molar-refractivity contribution < 1.29 is 17.9 Å². The molecule has 1 aromatic carbocycles. The molecule has 0 saturated carbocycles. The van der Waals surface area contributed by atoms with Crippen LogP contribution in [0.25, 0.3) is 0 Å². The number of hydrogen-bond acceptors (Lipinski definition) is 4. The van der Waals surface area contributed by atoms with Gasteiger partial charge in [-0.1, -0.05) is 28.1 Å². The molecule has 0 spiro atoms. The molecule has 0 bridgehead atoms. The first-order valence-corrected chi connectivity index (χ1v) is 8.66. The highest BCUT2D eigenvalue weighted by Gasteiger charge is 2.36. The minimum Gasteiger partial charge on any atom is -0.381 e. The van der Waals surface area contributed by atoms with Crippen molar-refractivity contribution in [2.24, 2.45) is 0 Å². The number of halogens is 4. The number of anilines is 1. The van der Waals surface area contributed by atoms with Crippen LogP contribution in [0.15, 0.2) is 41.0 Å². The van der Waals surface area contributed by atoms with Gasteiger partial charge in [0.2, 0.25) is 5.95 Å². The van der Waals surface area contributed by atoms with Gasteiger partial charge in [-0.05, 0) is 36.6 Å². The summed E-state index contributed by atoms with van der Waals surface area (Å²) < 4.78 is 44.9. The summed E-state index contributed by atoms with van der Waals surface area (Å²) in [4.78, 5) is 7.50. The van der Waals surface area contributed by atoms with E-state index in [-0.39, 0.29) is 11.4 Å². The second kappa shape index (κ2) is 7.29. The second-order valence-electron chi connectivity index (χ2n) is 6.02. The lowest BCUT2D eigenvalue weighted by Crippen LogP contribution is -2.40. The fraction of sp³-hybridized carbons (Fsp3) is 0.412. The zero-order chi connectivity index (χ0) is 17.9. The predicted octanol–water partition coefficient (Wildman–Crippen LogP) is 4.42. The van der Waals surface area contributed by atoms with Gasteiger partial charge in [-0.25, -0.2) is 9.97 Å². The zero-order valence-corrected chi connectivity index (χ0v) is 14.9. The number of rotatable bonds is 4. The predicted molar refractivity (Wildman–Crippen MR) is 91.4 cm³/mol. The molecule has 0 unspecified atom stereocenters. The summed E-state index contributed by atoms with van der Waals surface area (Å²) in [5.41, 5.74) is -0.0715. The number of benzene rings is 1. The van der Waals surface area contributed by atoms with E-state index < -0.39 is 11.9 Å². The molecular formula is C17H17BrF3N3O. The van der Waals surface area contributed by atoms with Crippen molar-refractivity contribution in [1.82, 2.24) is 9.97 Å². The molecule has 1 aromatic heterocycles. The van der Waals surface area contributed by atoms with Crippen LogP contribution in [0.2, 0.25) is 0 Å². The van der Waals surface area contributed by atoms with E-state index in [0.29, 0.717) is 19.8 Å². The molecule has 0 radical (unpaired) electrons. The molecule has 3 rings (SSSR count). The van der Waals surface area contributed by atoms with Gasteiger partial charge in [-0.2, -0.15) is 13.2 Å². The maximum Gasteiger partial charge on any atom is 0.433 e. The molecule has 0 atom stereocenters. The van der Waals surface area contributed by atoms with Crippen molar-refractivity contribution in [2.45, 2.75) is 24.4 Å². The minimum atomic E-state index is -4.49. The van der Waals surface area contributed by atoms with Gasteiger partial charge in [0.1, 0.15) is 5.69 Å². The Hall–Kier alpha value is -1.67. The molecule has 0 aliphatic carbocycles. The Morgan fingerprint density at radius 3 is 2.64 bits per heavy atom. The van der Waals surface area contributed by atoms with Crippen LogP contribution in [0.5, 0.6) is 0 Å². The number of aromatic nitrogens is 2. The average Bonchev–Trinajstić information content (AvgIpc) is 2.60. The Morgan fingerprint density at radius 2 is 1.96 bits per heavy atom. The van der Waals surface area contributed by atoms with E-state index in [1.165, 1.54) is 0 Å². The molecule has 0 amide bonds. The van der Waals surface area contributed by atoms with Crippen molar-refractivity contribution in [2.75, 3.05) is 25.1 Å². The van der Waals surface area contributed by atoms with Gasteiger partial charge < -0.3 is 10.1 Å². The number of ether oxygens (including phenoxy) is 1. The molecule has 1 aliphatic rings. The van der Waals surface area contributed by atoms with Crippen LogP contribution in [0.3, 0.4) is 0 Å². The molecule has 2 aromatic rings. The molecule has 1 aliphatic heterocycles. The lowest BCUT2D eigenvalue weighted by atomic mass is 9.74. The normalized spacial score (nSPS) is 17.3. The van der Waals surface area contributed by atoms with Gasteiger partial charge in [0.15, 0.2) is 0 Å². The quantitative estimate of drug-likeness (QED) is 0.802. The molecule has 4 nitrogen and oxygen atoms in total. The van der Waals surface area contributed by atoms with Crippen molar-refractivity contribution in [1.29, 1.82) is 0 Å². The van der Waals surface area contributed by atoms with Crippen LogP contribution in [0.1, 0.15) is 24.1 Å². The largest absolute Gasteiger partial charge is 0.433 e. The van der Waals surface area contributed by atoms with Gasteiger partial charge in [0.25, 0.3) is 0 Å². The topological polar surface area (TPSA) is 47.0 Å². The van der Waals surface area contributed by atoms with E-state index in [0.717, 1.165) is 35.1 Å². The van der Waals surface area contributed by atoms with Crippen LogP contribution >= 0.6 is 15.9 Å². The highest BCUT2D eigenvalue weighted by atomic mass is 79.9. The summed E-state index contributed by atoms with van der Waals surface area (Å²) in [6, 6.07) is 8.84. The SMILES string of the molecule is FC(F)(F)c1ccnc(NCC2(c3cccc(Br)c3)CCOCC2)n1. The first-order chi connectivity index (χ1) is 11.9. The van der Waals surface area contributed by atoms with Crippen LogP contribution in [-0.2, 0) is 16.3 Å². The number of alkyl halides is 3. The monoisotopic (exact) mass is 415 g/mol. The Morgan fingerprint density at radius 1 is 1.20 bits per heavy atom. The first kappa shape index (κ1) is 18.1. The summed E-state index contributed by atoms with van der Waals surface area (Å²) in [6.07, 6.45) is -1.82. The molecule has 2 heterocycles. The van der Waals surface area contributed by atoms with E-state index in [1.54, 1.807) is 0 Å². The van der Waals surface area contributed by atoms with Crippen LogP contribution < -0.4 is 5.32 Å². The van der Waals surface area contributed by atoms with E-state index >= 15 is 0 Å². The summed E-state index contributed by atoms with van der Waals surface area (Å²) in [6.45, 7) is 1.66. The van der Waals surface area contributed by atoms with Gasteiger partial charge in [-0.3, -0.25) is 0 Å². The summed E-state index contributed by atoms with van der Waals surface area (Å²) in [5, 5.41) is 2.99. The molecule has 134 valence electrons. The molecule has 1 saturated heterocycles. The minimum absolute atomic E-state index is 0.0179. The fourth-order valence-corrected chi connectivity index (χ4v) is 3.40. The maximum absolute atomic E-state index is 12.8. The summed E-state index contributed by atoms with van der Waals surface area (Å²) in [5.74, 6) is -0.0179. The highest BCUT2D eigenvalue weighted by molar-refractivity contribution is 9.10. The number of hydrogen-bond donors (Lipinski definition) is 1. The fourth-order valence-electron chi connectivity index (χ4n) is 3.00. The van der Waals surface area contributed by atoms with E-state index in [1.807, 2.05) is 24.3 Å². The van der Waals surface area contributed by atoms with E-state index in [9.17, 15) is 13.2 Å². The van der Waals surface area contributed by atoms with Gasteiger partial charge in [0.05, 0.1) is 0 Å². The smallest absolute Gasteiger partial charge is 0.381 e. The Bertz CT molecular complexity index is 733. The molecular weight excluding hydrogens is 399 g/mol. The standard InChI is InChI=1S/C17H17BrF3N3O/c18-13-3-1-2-12(10-13)16(5-8-25-9-6-16)11-23-15-22-7-4-14(24-15)17(19,20)21/h1-4,7,10H,5-6,8-9,11H2,(H,22,23,24). The second-order valence-corrected chi connectivity index (χ2v) is 6.94. The van der Waals surface area contributed by atoms with Crippen LogP contribution in [0.4, 0.5) is 19.1 Å². The van der Waals surface area contributed by atoms with Gasteiger partial charge >= 0.3 is 6.18 Å². The van der Waals surface area contributed by atoms with Crippen molar-refractivity contribution in [3.8, 4) is 0 Å². The van der Waals surface area contributed by atoms with Crippen LogP contribution in [0, 0.1) is 0 Å². The van der Waals surface area contributed by atoms with Gasteiger partial charge in [0, 0.05) is 35.8 Å². The molecule has 8 heteroatoms. The molecule has 1 fully saturated rings. The average molecular weight is 416 g/mol. The van der Waals surface area contributed by atoms with Gasteiger partial charge in [-0.15, -0.1) is 0 Å². The number of nitrogens with zero attached hydrogens (tertiary/aromatic N) is 2.